The van der Waals surface area contributed by atoms with Gasteiger partial charge in [-0.05, 0) is 19.1 Å². The Hall–Kier alpha value is -3.62. The Bertz CT molecular complexity index is 810. The second kappa shape index (κ2) is 7.09. The first-order valence-corrected chi connectivity index (χ1v) is 6.81. The zero-order valence-corrected chi connectivity index (χ0v) is 12.8. The first-order chi connectivity index (χ1) is 11.3. The van der Waals surface area contributed by atoms with Crippen molar-refractivity contribution in [1.29, 1.82) is 0 Å². The summed E-state index contributed by atoms with van der Waals surface area (Å²) in [5.41, 5.74) is 17.0. The van der Waals surface area contributed by atoms with Crippen LogP contribution in [-0.2, 0) is 0 Å². The first kappa shape index (κ1) is 16.7. The van der Waals surface area contributed by atoms with Gasteiger partial charge in [-0.1, -0.05) is 17.7 Å². The Morgan fingerprint density at radius 2 is 1.75 bits per heavy atom. The molecule has 2 aromatic carbocycles. The molecule has 0 radical (unpaired) electrons. The number of nitro benzene ring substituents is 1. The Balaban J connectivity index is 2.39. The van der Waals surface area contributed by atoms with Gasteiger partial charge in [0.25, 0.3) is 5.69 Å². The third-order valence-electron chi connectivity index (χ3n) is 2.83. The fourth-order valence-electron chi connectivity index (χ4n) is 1.83. The van der Waals surface area contributed by atoms with Crippen LogP contribution in [0.3, 0.4) is 0 Å². The maximum atomic E-state index is 11.1. The van der Waals surface area contributed by atoms with Crippen molar-refractivity contribution in [1.82, 2.24) is 0 Å². The number of nitro groups is 1. The van der Waals surface area contributed by atoms with E-state index in [1.54, 1.807) is 12.1 Å². The lowest BCUT2D eigenvalue weighted by Gasteiger charge is -2.07. The van der Waals surface area contributed by atoms with Crippen LogP contribution in [0.4, 0.5) is 11.4 Å². The second-order valence-corrected chi connectivity index (χ2v) is 4.86. The van der Waals surface area contributed by atoms with Crippen molar-refractivity contribution in [3.8, 4) is 11.5 Å². The number of ether oxygens (including phenoxy) is 1. The Labute approximate surface area is 137 Å². The Morgan fingerprint density at radius 1 is 1.08 bits per heavy atom. The molecule has 0 saturated carbocycles. The van der Waals surface area contributed by atoms with Crippen LogP contribution in [0, 0.1) is 17.0 Å². The van der Waals surface area contributed by atoms with Crippen LogP contribution in [0.1, 0.15) is 5.56 Å². The van der Waals surface area contributed by atoms with Crippen molar-refractivity contribution in [2.24, 2.45) is 27.2 Å². The molecule has 24 heavy (non-hydrogen) atoms. The van der Waals surface area contributed by atoms with Crippen molar-refractivity contribution >= 4 is 23.3 Å². The van der Waals surface area contributed by atoms with Crippen molar-refractivity contribution in [2.75, 3.05) is 0 Å². The van der Waals surface area contributed by atoms with Gasteiger partial charge >= 0.3 is 0 Å². The summed E-state index contributed by atoms with van der Waals surface area (Å²) in [5.74, 6) is 0.284. The van der Waals surface area contributed by atoms with Crippen LogP contribution >= 0.6 is 0 Å². The van der Waals surface area contributed by atoms with Crippen LogP contribution in [0.15, 0.2) is 52.4 Å². The lowest BCUT2D eigenvalue weighted by molar-refractivity contribution is -0.384. The molecule has 0 heterocycles. The van der Waals surface area contributed by atoms with Crippen LogP contribution in [-0.4, -0.2) is 16.8 Å². The Morgan fingerprint density at radius 3 is 2.33 bits per heavy atom. The summed E-state index contributed by atoms with van der Waals surface area (Å²) in [6.45, 7) is 1.94. The van der Waals surface area contributed by atoms with E-state index in [0.29, 0.717) is 5.75 Å². The van der Waals surface area contributed by atoms with E-state index in [9.17, 15) is 10.1 Å². The fraction of sp³-hybridized carbons (Fsp3) is 0.0667. The van der Waals surface area contributed by atoms with Crippen LogP contribution in [0.2, 0.25) is 0 Å². The summed E-state index contributed by atoms with van der Waals surface area (Å²) in [7, 11) is 0. The molecule has 0 bridgehead atoms. The molecule has 0 saturated heterocycles. The minimum absolute atomic E-state index is 0.189. The molecule has 2 aromatic rings. The number of rotatable bonds is 4. The summed E-state index contributed by atoms with van der Waals surface area (Å²) >= 11 is 0. The molecular weight excluding hydrogens is 312 g/mol. The highest BCUT2D eigenvalue weighted by molar-refractivity contribution is 5.93. The number of aliphatic imine (C=N–C) groups is 2. The number of nitrogens with two attached hydrogens (primary N) is 3. The predicted molar refractivity (Wildman–Crippen MR) is 91.4 cm³/mol. The largest absolute Gasteiger partial charge is 0.457 e. The molecule has 0 atom stereocenters. The lowest BCUT2D eigenvalue weighted by atomic mass is 10.2. The summed E-state index contributed by atoms with van der Waals surface area (Å²) < 4.78 is 5.63. The van der Waals surface area contributed by atoms with Gasteiger partial charge in [0.2, 0.25) is 5.96 Å². The Kier molecular flexibility index (Phi) is 4.95. The molecule has 0 aromatic heterocycles. The van der Waals surface area contributed by atoms with Crippen LogP contribution < -0.4 is 21.9 Å². The van der Waals surface area contributed by atoms with E-state index >= 15 is 0 Å². The zero-order valence-electron chi connectivity index (χ0n) is 12.8. The highest BCUT2D eigenvalue weighted by Crippen LogP contribution is 2.31. The van der Waals surface area contributed by atoms with E-state index in [1.165, 1.54) is 18.2 Å². The van der Waals surface area contributed by atoms with Crippen molar-refractivity contribution in [2.45, 2.75) is 6.92 Å². The lowest BCUT2D eigenvalue weighted by Crippen LogP contribution is -2.26. The maximum absolute atomic E-state index is 11.1. The molecular formula is C15H16N6O3. The number of guanidine groups is 2. The third-order valence-corrected chi connectivity index (χ3v) is 2.83. The minimum atomic E-state index is -0.558. The highest BCUT2D eigenvalue weighted by Gasteiger charge is 2.11. The molecule has 0 unspecified atom stereocenters. The van der Waals surface area contributed by atoms with Gasteiger partial charge in [-0.2, -0.15) is 4.99 Å². The van der Waals surface area contributed by atoms with Crippen LogP contribution in [0.5, 0.6) is 11.5 Å². The molecule has 0 aliphatic rings. The van der Waals surface area contributed by atoms with E-state index in [4.69, 9.17) is 21.9 Å². The fourth-order valence-corrected chi connectivity index (χ4v) is 1.83. The van der Waals surface area contributed by atoms with Gasteiger partial charge in [0.15, 0.2) is 5.96 Å². The minimum Gasteiger partial charge on any atom is -0.457 e. The summed E-state index contributed by atoms with van der Waals surface area (Å²) in [4.78, 5) is 18.0. The normalized spacial score (nSPS) is 11.0. The van der Waals surface area contributed by atoms with Crippen LogP contribution in [0.25, 0.3) is 0 Å². The summed E-state index contributed by atoms with van der Waals surface area (Å²) in [5, 5.41) is 11.1. The number of hydrogen-bond donors (Lipinski definition) is 3. The van der Waals surface area contributed by atoms with Gasteiger partial charge in [0.05, 0.1) is 16.7 Å². The average molecular weight is 328 g/mol. The molecule has 0 aliphatic heterocycles. The molecule has 9 nitrogen and oxygen atoms in total. The maximum Gasteiger partial charge on any atom is 0.275 e. The third kappa shape index (κ3) is 4.70. The number of aryl methyl sites for hydroxylation is 1. The molecule has 2 rings (SSSR count). The smallest absolute Gasteiger partial charge is 0.275 e. The molecule has 0 spiro atoms. The molecule has 6 N–H and O–H groups in total. The monoisotopic (exact) mass is 328 g/mol. The summed E-state index contributed by atoms with van der Waals surface area (Å²) in [6, 6.07) is 11.2. The van der Waals surface area contributed by atoms with E-state index in [1.807, 2.05) is 19.1 Å². The average Bonchev–Trinajstić information content (AvgIpc) is 2.48. The van der Waals surface area contributed by atoms with Crippen molar-refractivity contribution in [3.63, 3.8) is 0 Å². The zero-order chi connectivity index (χ0) is 17.7. The van der Waals surface area contributed by atoms with Gasteiger partial charge in [0, 0.05) is 12.1 Å². The van der Waals surface area contributed by atoms with Gasteiger partial charge in [-0.15, -0.1) is 0 Å². The van der Waals surface area contributed by atoms with Gasteiger partial charge in [-0.3, -0.25) is 10.1 Å². The van der Waals surface area contributed by atoms with Gasteiger partial charge in [0.1, 0.15) is 11.5 Å². The van der Waals surface area contributed by atoms with E-state index < -0.39 is 4.92 Å². The number of nitrogens with zero attached hydrogens (tertiary/aromatic N) is 3. The number of non-ortho nitro benzene ring substituents is 1. The summed E-state index contributed by atoms with van der Waals surface area (Å²) in [6.07, 6.45) is 0. The molecule has 0 aliphatic carbocycles. The predicted octanol–water partition coefficient (Wildman–Crippen LogP) is 1.92. The number of benzene rings is 2. The van der Waals surface area contributed by atoms with Crippen molar-refractivity contribution in [3.05, 3.63) is 58.1 Å². The SMILES string of the molecule is Cc1ccc(Oc2cc(N=C(N)N=C(N)N)cc([N+](=O)[O-])c2)cc1. The number of hydrogen-bond acceptors (Lipinski definition) is 4. The molecule has 0 fully saturated rings. The highest BCUT2D eigenvalue weighted by atomic mass is 16.6. The quantitative estimate of drug-likeness (QED) is 0.337. The topological polar surface area (TPSA) is 155 Å². The molecule has 0 amide bonds. The van der Waals surface area contributed by atoms with Gasteiger partial charge in [-0.25, -0.2) is 4.99 Å². The van der Waals surface area contributed by atoms with E-state index in [0.717, 1.165) is 5.56 Å². The van der Waals surface area contributed by atoms with Gasteiger partial charge < -0.3 is 21.9 Å². The first-order valence-electron chi connectivity index (χ1n) is 6.81. The molecule has 124 valence electrons. The van der Waals surface area contributed by atoms with Crippen molar-refractivity contribution < 1.29 is 9.66 Å². The van der Waals surface area contributed by atoms with E-state index in [-0.39, 0.29) is 29.0 Å². The molecule has 9 heteroatoms. The van der Waals surface area contributed by atoms with E-state index in [2.05, 4.69) is 9.98 Å². The second-order valence-electron chi connectivity index (χ2n) is 4.86. The standard InChI is InChI=1S/C15H16N6O3/c1-9-2-4-12(5-3-9)24-13-7-10(6-11(8-13)21(22)23)19-15(18)20-14(16)17/h2-8H,1H3,(H6,16,17,18,19,20).